The Kier molecular flexibility index (Phi) is 5.06. The molecule has 0 fully saturated rings. The van der Waals surface area contributed by atoms with Crippen molar-refractivity contribution in [1.29, 1.82) is 0 Å². The summed E-state index contributed by atoms with van der Waals surface area (Å²) in [6.07, 6.45) is 0.729. The number of carbonyl (C=O) groups is 1. The van der Waals surface area contributed by atoms with Gasteiger partial charge >= 0.3 is 0 Å². The zero-order valence-electron chi connectivity index (χ0n) is 12.4. The molecule has 4 nitrogen and oxygen atoms in total. The summed E-state index contributed by atoms with van der Waals surface area (Å²) in [6.45, 7) is 5.09. The van der Waals surface area contributed by atoms with Crippen LogP contribution in [0.5, 0.6) is 0 Å². The molecule has 1 N–H and O–H groups in total. The second kappa shape index (κ2) is 6.99. The van der Waals surface area contributed by atoms with Gasteiger partial charge in [-0.15, -0.1) is 0 Å². The van der Waals surface area contributed by atoms with Crippen molar-refractivity contribution in [3.63, 3.8) is 0 Å². The minimum absolute atomic E-state index is 0.148. The number of nitrogens with zero attached hydrogens (tertiary/aromatic N) is 2. The predicted molar refractivity (Wildman–Crippen MR) is 82.0 cm³/mol. The molecule has 110 valence electrons. The third-order valence-corrected chi connectivity index (χ3v) is 3.50. The molecule has 1 heterocycles. The summed E-state index contributed by atoms with van der Waals surface area (Å²) < 4.78 is 0. The molecule has 1 unspecified atom stereocenters. The van der Waals surface area contributed by atoms with Crippen molar-refractivity contribution in [3.8, 4) is 0 Å². The molecule has 0 aliphatic rings. The fraction of sp³-hybridized carbons (Fsp3) is 0.294. The third kappa shape index (κ3) is 3.28. The topological polar surface area (TPSA) is 53.4 Å². The van der Waals surface area contributed by atoms with E-state index in [1.165, 1.54) is 0 Å². The van der Waals surface area contributed by atoms with Crippen molar-refractivity contribution in [2.24, 2.45) is 0 Å². The standard InChI is InChI=1S/C17H20N2O2/c1-3-19(4-2)17(21)15-14(11-8-12-18-15)16(20)13-9-6-5-7-10-13/h5-12,16,20H,3-4H2,1-2H3. The molecule has 21 heavy (non-hydrogen) atoms. The minimum Gasteiger partial charge on any atom is -0.384 e. The van der Waals surface area contributed by atoms with Gasteiger partial charge in [-0.2, -0.15) is 0 Å². The van der Waals surface area contributed by atoms with Crippen LogP contribution in [0.3, 0.4) is 0 Å². The highest BCUT2D eigenvalue weighted by atomic mass is 16.3. The Morgan fingerprint density at radius 3 is 2.43 bits per heavy atom. The van der Waals surface area contributed by atoms with Gasteiger partial charge in [0.1, 0.15) is 11.8 Å². The maximum Gasteiger partial charge on any atom is 0.272 e. The van der Waals surface area contributed by atoms with E-state index in [4.69, 9.17) is 0 Å². The van der Waals surface area contributed by atoms with Crippen molar-refractivity contribution in [2.45, 2.75) is 20.0 Å². The van der Waals surface area contributed by atoms with Gasteiger partial charge in [-0.05, 0) is 25.5 Å². The van der Waals surface area contributed by atoms with E-state index < -0.39 is 6.10 Å². The van der Waals surface area contributed by atoms with Crippen LogP contribution in [0.15, 0.2) is 48.7 Å². The zero-order valence-corrected chi connectivity index (χ0v) is 12.4. The number of pyridine rings is 1. The van der Waals surface area contributed by atoms with Crippen LogP contribution in [-0.2, 0) is 0 Å². The number of aliphatic hydroxyl groups excluding tert-OH is 1. The van der Waals surface area contributed by atoms with Crippen molar-refractivity contribution in [1.82, 2.24) is 9.88 Å². The van der Waals surface area contributed by atoms with Crippen LogP contribution in [0.4, 0.5) is 0 Å². The van der Waals surface area contributed by atoms with E-state index >= 15 is 0 Å². The molecule has 0 radical (unpaired) electrons. The molecular weight excluding hydrogens is 264 g/mol. The SMILES string of the molecule is CCN(CC)C(=O)c1ncccc1C(O)c1ccccc1. The van der Waals surface area contributed by atoms with Crippen LogP contribution < -0.4 is 0 Å². The van der Waals surface area contributed by atoms with Gasteiger partial charge in [0.15, 0.2) is 0 Å². The molecule has 0 aliphatic carbocycles. The highest BCUT2D eigenvalue weighted by Gasteiger charge is 2.22. The normalized spacial score (nSPS) is 12.0. The van der Waals surface area contributed by atoms with Crippen molar-refractivity contribution >= 4 is 5.91 Å². The molecule has 0 spiro atoms. The molecule has 1 aromatic carbocycles. The van der Waals surface area contributed by atoms with Crippen LogP contribution in [0, 0.1) is 0 Å². The van der Waals surface area contributed by atoms with Crippen molar-refractivity contribution in [3.05, 3.63) is 65.5 Å². The van der Waals surface area contributed by atoms with Gasteiger partial charge in [0, 0.05) is 24.8 Å². The van der Waals surface area contributed by atoms with Crippen LogP contribution in [0.1, 0.15) is 41.6 Å². The van der Waals surface area contributed by atoms with Gasteiger partial charge < -0.3 is 10.0 Å². The molecule has 2 rings (SSSR count). The average molecular weight is 284 g/mol. The Hall–Kier alpha value is -2.20. The Morgan fingerprint density at radius 1 is 1.14 bits per heavy atom. The molecule has 0 aliphatic heterocycles. The monoisotopic (exact) mass is 284 g/mol. The van der Waals surface area contributed by atoms with Crippen molar-refractivity contribution < 1.29 is 9.90 Å². The summed E-state index contributed by atoms with van der Waals surface area (Å²) in [5.74, 6) is -0.148. The summed E-state index contributed by atoms with van der Waals surface area (Å²) in [5, 5.41) is 10.5. The van der Waals surface area contributed by atoms with Gasteiger partial charge in [0.25, 0.3) is 5.91 Å². The van der Waals surface area contributed by atoms with Gasteiger partial charge in [0.05, 0.1) is 0 Å². The average Bonchev–Trinajstić information content (AvgIpc) is 2.56. The van der Waals surface area contributed by atoms with E-state index in [0.717, 1.165) is 5.56 Å². The molecule has 2 aromatic rings. The predicted octanol–water partition coefficient (Wildman–Crippen LogP) is 2.65. The molecule has 4 heteroatoms. The maximum absolute atomic E-state index is 12.5. The lowest BCUT2D eigenvalue weighted by atomic mass is 9.99. The fourth-order valence-electron chi connectivity index (χ4n) is 2.29. The zero-order chi connectivity index (χ0) is 15.2. The van der Waals surface area contributed by atoms with E-state index in [1.807, 2.05) is 44.2 Å². The quantitative estimate of drug-likeness (QED) is 0.918. The number of benzene rings is 1. The second-order valence-corrected chi connectivity index (χ2v) is 4.73. The molecule has 1 amide bonds. The van der Waals surface area contributed by atoms with Gasteiger partial charge in [-0.25, -0.2) is 0 Å². The number of hydrogen-bond acceptors (Lipinski definition) is 3. The van der Waals surface area contributed by atoms with E-state index in [9.17, 15) is 9.90 Å². The van der Waals surface area contributed by atoms with E-state index in [2.05, 4.69) is 4.98 Å². The van der Waals surface area contributed by atoms with Crippen LogP contribution >= 0.6 is 0 Å². The van der Waals surface area contributed by atoms with Crippen molar-refractivity contribution in [2.75, 3.05) is 13.1 Å². The summed E-state index contributed by atoms with van der Waals surface area (Å²) >= 11 is 0. The number of carbonyl (C=O) groups excluding carboxylic acids is 1. The van der Waals surface area contributed by atoms with Gasteiger partial charge in [0.2, 0.25) is 0 Å². The molecule has 1 atom stereocenters. The summed E-state index contributed by atoms with van der Waals surface area (Å²) in [6, 6.07) is 12.8. The lowest BCUT2D eigenvalue weighted by molar-refractivity contribution is 0.0761. The van der Waals surface area contributed by atoms with Gasteiger partial charge in [-0.3, -0.25) is 9.78 Å². The minimum atomic E-state index is -0.852. The molecule has 0 saturated heterocycles. The summed E-state index contributed by atoms with van der Waals surface area (Å²) in [4.78, 5) is 18.4. The second-order valence-electron chi connectivity index (χ2n) is 4.73. The molecular formula is C17H20N2O2. The number of hydrogen-bond donors (Lipinski definition) is 1. The Labute approximate surface area is 125 Å². The number of rotatable bonds is 5. The van der Waals surface area contributed by atoms with Crippen LogP contribution in [-0.4, -0.2) is 34.0 Å². The lowest BCUT2D eigenvalue weighted by Crippen LogP contribution is -2.32. The highest BCUT2D eigenvalue weighted by Crippen LogP contribution is 2.24. The first-order valence-electron chi connectivity index (χ1n) is 7.16. The first-order chi connectivity index (χ1) is 10.2. The van der Waals surface area contributed by atoms with E-state index in [-0.39, 0.29) is 5.91 Å². The molecule has 0 saturated carbocycles. The Bertz CT molecular complexity index is 595. The first-order valence-corrected chi connectivity index (χ1v) is 7.16. The summed E-state index contributed by atoms with van der Waals surface area (Å²) in [5.41, 5.74) is 1.61. The number of amides is 1. The van der Waals surface area contributed by atoms with E-state index in [1.54, 1.807) is 23.2 Å². The number of aromatic nitrogens is 1. The number of aliphatic hydroxyl groups is 1. The Morgan fingerprint density at radius 2 is 1.81 bits per heavy atom. The Balaban J connectivity index is 2.39. The maximum atomic E-state index is 12.5. The largest absolute Gasteiger partial charge is 0.384 e. The fourth-order valence-corrected chi connectivity index (χ4v) is 2.29. The smallest absolute Gasteiger partial charge is 0.272 e. The first kappa shape index (κ1) is 15.2. The third-order valence-electron chi connectivity index (χ3n) is 3.50. The van der Waals surface area contributed by atoms with Crippen LogP contribution in [0.25, 0.3) is 0 Å². The lowest BCUT2D eigenvalue weighted by Gasteiger charge is -2.21. The van der Waals surface area contributed by atoms with Gasteiger partial charge in [-0.1, -0.05) is 36.4 Å². The summed E-state index contributed by atoms with van der Waals surface area (Å²) in [7, 11) is 0. The molecule has 0 bridgehead atoms. The highest BCUT2D eigenvalue weighted by molar-refractivity contribution is 5.94. The van der Waals surface area contributed by atoms with E-state index in [0.29, 0.717) is 24.3 Å². The van der Waals surface area contributed by atoms with Crippen LogP contribution in [0.2, 0.25) is 0 Å². The molecule has 1 aromatic heterocycles.